The number of urea groups is 1. The van der Waals surface area contributed by atoms with E-state index in [1.807, 2.05) is 26.1 Å². The summed E-state index contributed by atoms with van der Waals surface area (Å²) in [5, 5.41) is 3.79. The third-order valence-electron chi connectivity index (χ3n) is 5.32. The maximum atomic E-state index is 12.7. The lowest BCUT2D eigenvalue weighted by Gasteiger charge is -2.35. The molecule has 1 aromatic heterocycles. The van der Waals surface area contributed by atoms with E-state index in [1.54, 1.807) is 23.3 Å². The molecule has 2 amide bonds. The van der Waals surface area contributed by atoms with Crippen LogP contribution in [-0.4, -0.2) is 49.1 Å². The standard InChI is InChI=1S/C22H25Cl2N3O2/c1-15(25-22(28)27(3)17-10-12-26(2)13-11-17)19-9-7-16(20(23)21(19)24)6-8-18-5-4-14-29-18/h4-5,7,9,14-15,17H,10-13H2,1-3H3,(H,25,28). The summed E-state index contributed by atoms with van der Waals surface area (Å²) in [6.45, 7) is 3.89. The molecular weight excluding hydrogens is 409 g/mol. The number of likely N-dealkylation sites (tertiary alicyclic amines) is 1. The van der Waals surface area contributed by atoms with E-state index >= 15 is 0 Å². The van der Waals surface area contributed by atoms with Crippen LogP contribution in [0.25, 0.3) is 0 Å². The first kappa shape index (κ1) is 21.6. The number of piperidine rings is 1. The van der Waals surface area contributed by atoms with E-state index in [0.29, 0.717) is 21.4 Å². The summed E-state index contributed by atoms with van der Waals surface area (Å²) >= 11 is 12.9. The molecule has 2 aromatic rings. The van der Waals surface area contributed by atoms with Gasteiger partial charge in [-0.2, -0.15) is 0 Å². The van der Waals surface area contributed by atoms with Crippen LogP contribution in [-0.2, 0) is 0 Å². The van der Waals surface area contributed by atoms with Crippen molar-refractivity contribution in [1.29, 1.82) is 0 Å². The van der Waals surface area contributed by atoms with Crippen LogP contribution < -0.4 is 5.32 Å². The van der Waals surface area contributed by atoms with Gasteiger partial charge in [0.15, 0.2) is 5.76 Å². The summed E-state index contributed by atoms with van der Waals surface area (Å²) in [7, 11) is 3.95. The Hall–Kier alpha value is -2.13. The first-order chi connectivity index (χ1) is 13.9. The molecule has 0 aliphatic carbocycles. The van der Waals surface area contributed by atoms with Gasteiger partial charge < -0.3 is 19.5 Å². The molecule has 29 heavy (non-hydrogen) atoms. The van der Waals surface area contributed by atoms with Crippen molar-refractivity contribution in [3.63, 3.8) is 0 Å². The molecule has 0 radical (unpaired) electrons. The predicted octanol–water partition coefficient (Wildman–Crippen LogP) is 4.78. The zero-order valence-corrected chi connectivity index (χ0v) is 18.3. The third kappa shape index (κ3) is 5.27. The fourth-order valence-electron chi connectivity index (χ4n) is 3.39. The van der Waals surface area contributed by atoms with Gasteiger partial charge in [0.2, 0.25) is 0 Å². The van der Waals surface area contributed by atoms with E-state index in [2.05, 4.69) is 29.1 Å². The van der Waals surface area contributed by atoms with Crippen molar-refractivity contribution in [2.45, 2.75) is 31.8 Å². The lowest BCUT2D eigenvalue weighted by molar-refractivity contribution is 0.146. The van der Waals surface area contributed by atoms with Crippen molar-refractivity contribution in [3.05, 3.63) is 57.5 Å². The van der Waals surface area contributed by atoms with Gasteiger partial charge in [-0.05, 0) is 69.6 Å². The Kier molecular flexibility index (Phi) is 7.13. The molecule has 0 spiro atoms. The lowest BCUT2D eigenvalue weighted by Crippen LogP contribution is -2.48. The minimum atomic E-state index is -0.284. The van der Waals surface area contributed by atoms with Crippen LogP contribution in [0.4, 0.5) is 4.79 Å². The number of halogens is 2. The number of furan rings is 1. The quantitative estimate of drug-likeness (QED) is 0.708. The largest absolute Gasteiger partial charge is 0.456 e. The highest BCUT2D eigenvalue weighted by Crippen LogP contribution is 2.33. The summed E-state index contributed by atoms with van der Waals surface area (Å²) in [5.74, 6) is 6.43. The molecule has 1 aromatic carbocycles. The number of amides is 2. The van der Waals surface area contributed by atoms with E-state index in [-0.39, 0.29) is 18.1 Å². The van der Waals surface area contributed by atoms with Crippen LogP contribution in [0.5, 0.6) is 0 Å². The van der Waals surface area contributed by atoms with Crippen LogP contribution in [0.3, 0.4) is 0 Å². The highest BCUT2D eigenvalue weighted by atomic mass is 35.5. The van der Waals surface area contributed by atoms with Gasteiger partial charge in [-0.1, -0.05) is 35.2 Å². The highest BCUT2D eigenvalue weighted by molar-refractivity contribution is 6.43. The molecule has 1 N–H and O–H groups in total. The topological polar surface area (TPSA) is 48.7 Å². The minimum absolute atomic E-state index is 0.110. The summed E-state index contributed by atoms with van der Waals surface area (Å²) in [6, 6.07) is 7.05. The monoisotopic (exact) mass is 433 g/mol. The molecule has 1 aliphatic rings. The number of hydrogen-bond donors (Lipinski definition) is 1. The molecule has 5 nitrogen and oxygen atoms in total. The number of carbonyl (C=O) groups is 1. The van der Waals surface area contributed by atoms with Crippen LogP contribution in [0, 0.1) is 11.8 Å². The van der Waals surface area contributed by atoms with Gasteiger partial charge in [0.05, 0.1) is 22.4 Å². The molecule has 1 fully saturated rings. The molecule has 0 bridgehead atoms. The molecule has 154 valence electrons. The molecule has 1 unspecified atom stereocenters. The first-order valence-electron chi connectivity index (χ1n) is 9.62. The van der Waals surface area contributed by atoms with E-state index in [1.165, 1.54) is 0 Å². The second-order valence-corrected chi connectivity index (χ2v) is 8.13. The Morgan fingerprint density at radius 2 is 1.97 bits per heavy atom. The average Bonchev–Trinajstić information content (AvgIpc) is 3.22. The van der Waals surface area contributed by atoms with E-state index in [9.17, 15) is 4.79 Å². The lowest BCUT2D eigenvalue weighted by atomic mass is 10.0. The van der Waals surface area contributed by atoms with Crippen LogP contribution in [0.1, 0.15) is 42.7 Å². The summed E-state index contributed by atoms with van der Waals surface area (Å²) < 4.78 is 5.20. The highest BCUT2D eigenvalue weighted by Gasteiger charge is 2.25. The summed E-state index contributed by atoms with van der Waals surface area (Å²) in [6.07, 6.45) is 3.52. The van der Waals surface area contributed by atoms with Crippen molar-refractivity contribution < 1.29 is 9.21 Å². The number of hydrogen-bond acceptors (Lipinski definition) is 3. The van der Waals surface area contributed by atoms with Crippen LogP contribution in [0.2, 0.25) is 10.0 Å². The average molecular weight is 434 g/mol. The third-order valence-corrected chi connectivity index (χ3v) is 6.21. The van der Waals surface area contributed by atoms with Crippen molar-refractivity contribution in [2.24, 2.45) is 0 Å². The molecular formula is C22H25Cl2N3O2. The molecule has 1 atom stereocenters. The smallest absolute Gasteiger partial charge is 0.317 e. The number of nitrogens with one attached hydrogen (secondary N) is 1. The number of rotatable bonds is 3. The Bertz CT molecular complexity index is 910. The number of nitrogens with zero attached hydrogens (tertiary/aromatic N) is 2. The van der Waals surface area contributed by atoms with Gasteiger partial charge in [0.25, 0.3) is 0 Å². The molecule has 0 saturated carbocycles. The summed E-state index contributed by atoms with van der Waals surface area (Å²) in [4.78, 5) is 16.8. The fourth-order valence-corrected chi connectivity index (χ4v) is 3.93. The predicted molar refractivity (Wildman–Crippen MR) is 116 cm³/mol. The van der Waals surface area contributed by atoms with Crippen molar-refractivity contribution in [3.8, 4) is 11.8 Å². The molecule has 1 aliphatic heterocycles. The number of benzene rings is 1. The van der Waals surface area contributed by atoms with Gasteiger partial charge in [-0.3, -0.25) is 0 Å². The Balaban J connectivity index is 1.68. The zero-order chi connectivity index (χ0) is 21.0. The molecule has 2 heterocycles. The van der Waals surface area contributed by atoms with Crippen molar-refractivity contribution >= 4 is 29.2 Å². The van der Waals surface area contributed by atoms with Gasteiger partial charge in [-0.25, -0.2) is 4.79 Å². The Morgan fingerprint density at radius 1 is 1.24 bits per heavy atom. The second-order valence-electron chi connectivity index (χ2n) is 7.37. The molecule has 1 saturated heterocycles. The normalized spacial score (nSPS) is 16.0. The van der Waals surface area contributed by atoms with Gasteiger partial charge in [0, 0.05) is 18.7 Å². The van der Waals surface area contributed by atoms with Crippen LogP contribution >= 0.6 is 23.2 Å². The van der Waals surface area contributed by atoms with Crippen molar-refractivity contribution in [1.82, 2.24) is 15.1 Å². The van der Waals surface area contributed by atoms with Crippen LogP contribution in [0.15, 0.2) is 34.9 Å². The fraction of sp³-hybridized carbons (Fsp3) is 0.409. The second kappa shape index (κ2) is 9.58. The van der Waals surface area contributed by atoms with E-state index < -0.39 is 0 Å². The Morgan fingerprint density at radius 3 is 2.62 bits per heavy atom. The van der Waals surface area contributed by atoms with E-state index in [4.69, 9.17) is 27.6 Å². The van der Waals surface area contributed by atoms with Crippen molar-refractivity contribution in [2.75, 3.05) is 27.2 Å². The van der Waals surface area contributed by atoms with Gasteiger partial charge >= 0.3 is 6.03 Å². The molecule has 3 rings (SSSR count). The minimum Gasteiger partial charge on any atom is -0.456 e. The molecule has 7 heteroatoms. The Labute approximate surface area is 181 Å². The van der Waals surface area contributed by atoms with Gasteiger partial charge in [0.1, 0.15) is 0 Å². The SMILES string of the molecule is CC(NC(=O)N(C)C1CCN(C)CC1)c1ccc(C#Cc2ccco2)c(Cl)c1Cl. The maximum absolute atomic E-state index is 12.7. The summed E-state index contributed by atoms with van der Waals surface area (Å²) in [5.41, 5.74) is 1.36. The zero-order valence-electron chi connectivity index (χ0n) is 16.8. The maximum Gasteiger partial charge on any atom is 0.317 e. The van der Waals surface area contributed by atoms with E-state index in [0.717, 1.165) is 31.5 Å². The first-order valence-corrected chi connectivity index (χ1v) is 10.4. The van der Waals surface area contributed by atoms with Gasteiger partial charge in [-0.15, -0.1) is 0 Å². The number of carbonyl (C=O) groups excluding carboxylic acids is 1.